The Morgan fingerprint density at radius 2 is 2.33 bits per heavy atom. The lowest BCUT2D eigenvalue weighted by atomic mass is 10.1. The molecule has 0 unspecified atom stereocenters. The number of benzene rings is 1. The Labute approximate surface area is 94.5 Å². The van der Waals surface area contributed by atoms with Crippen LogP contribution in [0.3, 0.4) is 0 Å². The third kappa shape index (κ3) is 3.40. The molecule has 1 aromatic carbocycles. The second-order valence-corrected chi connectivity index (χ2v) is 3.53. The number of hydrogen-bond acceptors (Lipinski definition) is 2. The molecule has 0 aromatic heterocycles. The van der Waals surface area contributed by atoms with E-state index in [4.69, 9.17) is 16.3 Å². The third-order valence-corrected chi connectivity index (χ3v) is 2.22. The number of hydrogen-bond donors (Lipinski definition) is 0. The minimum Gasteiger partial charge on any atom is -0.493 e. The highest BCUT2D eigenvalue weighted by atomic mass is 35.5. The zero-order valence-corrected chi connectivity index (χ0v) is 9.38. The molecule has 0 saturated heterocycles. The predicted molar refractivity (Wildman–Crippen MR) is 61.8 cm³/mol. The number of carbonyl (C=O) groups is 1. The van der Waals surface area contributed by atoms with Gasteiger partial charge in [-0.3, -0.25) is 4.79 Å². The van der Waals surface area contributed by atoms with Gasteiger partial charge in [-0.15, -0.1) is 6.58 Å². The van der Waals surface area contributed by atoms with Crippen molar-refractivity contribution in [2.45, 2.75) is 13.3 Å². The maximum atomic E-state index is 11.1. The number of ether oxygens (including phenoxy) is 1. The van der Waals surface area contributed by atoms with Crippen LogP contribution in [0.25, 0.3) is 0 Å². The Morgan fingerprint density at radius 3 is 2.87 bits per heavy atom. The van der Waals surface area contributed by atoms with Crippen LogP contribution in [0.4, 0.5) is 0 Å². The van der Waals surface area contributed by atoms with Gasteiger partial charge in [0.1, 0.15) is 5.75 Å². The molecule has 0 N–H and O–H groups in total. The maximum Gasteiger partial charge on any atom is 0.161 e. The molecule has 0 spiro atoms. The van der Waals surface area contributed by atoms with Crippen LogP contribution in [0, 0.1) is 0 Å². The average molecular weight is 225 g/mol. The molecule has 0 saturated carbocycles. The molecule has 0 heterocycles. The number of carbonyl (C=O) groups excluding carboxylic acids is 1. The van der Waals surface area contributed by atoms with Crippen molar-refractivity contribution in [3.63, 3.8) is 0 Å². The molecule has 0 aliphatic rings. The van der Waals surface area contributed by atoms with Gasteiger partial charge in [0.15, 0.2) is 5.78 Å². The standard InChI is InChI=1S/C12H13ClO2/c1-3-4-7-15-10-5-6-11(9(2)14)12(13)8-10/h3,5-6,8H,1,4,7H2,2H3. The SMILES string of the molecule is C=CCCOc1ccc(C(C)=O)c(Cl)c1. The molecule has 0 fully saturated rings. The molecule has 0 bridgehead atoms. The van der Waals surface area contributed by atoms with E-state index < -0.39 is 0 Å². The fraction of sp³-hybridized carbons (Fsp3) is 0.250. The summed E-state index contributed by atoms with van der Waals surface area (Å²) in [6.45, 7) is 5.65. The number of ketones is 1. The summed E-state index contributed by atoms with van der Waals surface area (Å²) in [4.78, 5) is 11.1. The summed E-state index contributed by atoms with van der Waals surface area (Å²) in [5.41, 5.74) is 0.521. The van der Waals surface area contributed by atoms with Crippen molar-refractivity contribution in [2.75, 3.05) is 6.61 Å². The Kier molecular flexibility index (Phi) is 4.37. The van der Waals surface area contributed by atoms with Crippen LogP contribution >= 0.6 is 11.6 Å². The Hall–Kier alpha value is -1.28. The molecule has 0 amide bonds. The minimum atomic E-state index is -0.0439. The van der Waals surface area contributed by atoms with E-state index in [0.29, 0.717) is 22.9 Å². The van der Waals surface area contributed by atoms with Gasteiger partial charge in [0.25, 0.3) is 0 Å². The highest BCUT2D eigenvalue weighted by Gasteiger charge is 2.06. The molecule has 80 valence electrons. The van der Waals surface area contributed by atoms with E-state index in [9.17, 15) is 4.79 Å². The van der Waals surface area contributed by atoms with Crippen LogP contribution in [0.2, 0.25) is 5.02 Å². The zero-order chi connectivity index (χ0) is 11.3. The van der Waals surface area contributed by atoms with Gasteiger partial charge in [0.2, 0.25) is 0 Å². The molecule has 2 nitrogen and oxygen atoms in total. The fourth-order valence-corrected chi connectivity index (χ4v) is 1.43. The summed E-state index contributed by atoms with van der Waals surface area (Å²) in [6.07, 6.45) is 2.57. The second-order valence-electron chi connectivity index (χ2n) is 3.12. The van der Waals surface area contributed by atoms with Gasteiger partial charge in [0, 0.05) is 5.56 Å². The fourth-order valence-electron chi connectivity index (χ4n) is 1.13. The topological polar surface area (TPSA) is 26.3 Å². The van der Waals surface area contributed by atoms with Gasteiger partial charge in [-0.05, 0) is 31.5 Å². The Bertz CT molecular complexity index is 372. The smallest absolute Gasteiger partial charge is 0.161 e. The summed E-state index contributed by atoms with van der Waals surface area (Å²) in [5, 5.41) is 0.429. The van der Waals surface area contributed by atoms with Crippen LogP contribution in [0.15, 0.2) is 30.9 Å². The van der Waals surface area contributed by atoms with Crippen LogP contribution in [0.5, 0.6) is 5.75 Å². The highest BCUT2D eigenvalue weighted by Crippen LogP contribution is 2.22. The van der Waals surface area contributed by atoms with Crippen LogP contribution in [0.1, 0.15) is 23.7 Å². The van der Waals surface area contributed by atoms with Crippen molar-refractivity contribution in [1.82, 2.24) is 0 Å². The minimum absolute atomic E-state index is 0.0439. The monoisotopic (exact) mass is 224 g/mol. The van der Waals surface area contributed by atoms with Crippen molar-refractivity contribution >= 4 is 17.4 Å². The first-order chi connectivity index (χ1) is 7.15. The molecule has 1 aromatic rings. The molecule has 1 rings (SSSR count). The van der Waals surface area contributed by atoms with E-state index in [1.807, 2.05) is 0 Å². The van der Waals surface area contributed by atoms with Crippen molar-refractivity contribution in [3.05, 3.63) is 41.4 Å². The van der Waals surface area contributed by atoms with Crippen LogP contribution in [-0.4, -0.2) is 12.4 Å². The number of rotatable bonds is 5. The largest absolute Gasteiger partial charge is 0.493 e. The van der Waals surface area contributed by atoms with Gasteiger partial charge < -0.3 is 4.74 Å². The lowest BCUT2D eigenvalue weighted by molar-refractivity contribution is 0.101. The van der Waals surface area contributed by atoms with Gasteiger partial charge in [0.05, 0.1) is 11.6 Å². The first kappa shape index (κ1) is 11.8. The van der Waals surface area contributed by atoms with Crippen LogP contribution < -0.4 is 4.74 Å². The van der Waals surface area contributed by atoms with Gasteiger partial charge >= 0.3 is 0 Å². The summed E-state index contributed by atoms with van der Waals surface area (Å²) in [6, 6.07) is 5.07. The normalized spacial score (nSPS) is 9.73. The first-order valence-electron chi connectivity index (χ1n) is 4.69. The van der Waals surface area contributed by atoms with E-state index in [1.54, 1.807) is 24.3 Å². The molecule has 0 radical (unpaired) electrons. The molecule has 15 heavy (non-hydrogen) atoms. The third-order valence-electron chi connectivity index (χ3n) is 1.91. The number of Topliss-reactive ketones (excluding diaryl/α,β-unsaturated/α-hetero) is 1. The second kappa shape index (κ2) is 5.56. The van der Waals surface area contributed by atoms with Gasteiger partial charge in [-0.1, -0.05) is 17.7 Å². The van der Waals surface area contributed by atoms with E-state index in [2.05, 4.69) is 6.58 Å². The van der Waals surface area contributed by atoms with Crippen molar-refractivity contribution in [3.8, 4) is 5.75 Å². The zero-order valence-electron chi connectivity index (χ0n) is 8.63. The molecule has 0 aliphatic carbocycles. The maximum absolute atomic E-state index is 11.1. The first-order valence-corrected chi connectivity index (χ1v) is 5.07. The van der Waals surface area contributed by atoms with Crippen LogP contribution in [-0.2, 0) is 0 Å². The quantitative estimate of drug-likeness (QED) is 0.435. The summed E-state index contributed by atoms with van der Waals surface area (Å²) >= 11 is 5.92. The lowest BCUT2D eigenvalue weighted by Crippen LogP contribution is -1.98. The summed E-state index contributed by atoms with van der Waals surface area (Å²) in [5.74, 6) is 0.629. The number of halogens is 1. The Morgan fingerprint density at radius 1 is 1.60 bits per heavy atom. The van der Waals surface area contributed by atoms with Crippen molar-refractivity contribution in [1.29, 1.82) is 0 Å². The van der Waals surface area contributed by atoms with Crippen molar-refractivity contribution in [2.24, 2.45) is 0 Å². The Balaban J connectivity index is 2.73. The van der Waals surface area contributed by atoms with E-state index in [0.717, 1.165) is 6.42 Å². The molecule has 0 aliphatic heterocycles. The summed E-state index contributed by atoms with van der Waals surface area (Å²) < 4.78 is 5.39. The predicted octanol–water partition coefficient (Wildman–Crippen LogP) is 3.50. The molecule has 0 atom stereocenters. The average Bonchev–Trinajstić information content (AvgIpc) is 2.17. The van der Waals surface area contributed by atoms with E-state index in [-0.39, 0.29) is 5.78 Å². The van der Waals surface area contributed by atoms with Gasteiger partial charge in [-0.25, -0.2) is 0 Å². The summed E-state index contributed by atoms with van der Waals surface area (Å²) in [7, 11) is 0. The highest BCUT2D eigenvalue weighted by molar-refractivity contribution is 6.34. The molecule has 3 heteroatoms. The lowest BCUT2D eigenvalue weighted by Gasteiger charge is -2.06. The molecular weight excluding hydrogens is 212 g/mol. The van der Waals surface area contributed by atoms with E-state index >= 15 is 0 Å². The molecular formula is C12H13ClO2. The van der Waals surface area contributed by atoms with Gasteiger partial charge in [-0.2, -0.15) is 0 Å². The van der Waals surface area contributed by atoms with E-state index in [1.165, 1.54) is 6.92 Å². The van der Waals surface area contributed by atoms with Crippen molar-refractivity contribution < 1.29 is 9.53 Å².